The molecule has 0 aliphatic heterocycles. The Hall–Kier alpha value is -1.51. The minimum atomic E-state index is -1.83. The second kappa shape index (κ2) is 12.5. The second-order valence-electron chi connectivity index (χ2n) is 2.21. The average molecular weight is 248 g/mol. The van der Waals surface area contributed by atoms with Crippen molar-refractivity contribution in [3.63, 3.8) is 0 Å². The standard InChI is InChI=1S/2C5H5.CH2O3.Fe/c2*1-2-4-5-3-1;2-1(3)4;/h2*1-5H;(H2,2,3,4);/q-5;-1;;. The molecule has 2 rings (SSSR count). The van der Waals surface area contributed by atoms with Crippen molar-refractivity contribution in [2.45, 2.75) is 0 Å². The quantitative estimate of drug-likeness (QED) is 0.556. The molecule has 2 aromatic carbocycles. The van der Waals surface area contributed by atoms with Gasteiger partial charge in [-0.15, -0.1) is 0 Å². The zero-order valence-corrected chi connectivity index (χ0v) is 9.03. The van der Waals surface area contributed by atoms with E-state index >= 15 is 0 Å². The van der Waals surface area contributed by atoms with E-state index in [1.165, 1.54) is 0 Å². The molecule has 0 saturated heterocycles. The minimum absolute atomic E-state index is 0. The fourth-order valence-corrected chi connectivity index (χ4v) is 0.642. The SMILES string of the molecule is O=C(O)O.[Fe].[cH-]1[cH-][cH-][cH-][cH-]1.c1cc[cH-]c1. The average Bonchev–Trinajstić information content (AvgIpc) is 2.83. The third-order valence-electron chi connectivity index (χ3n) is 1.11. The summed E-state index contributed by atoms with van der Waals surface area (Å²) in [6, 6.07) is 20.0. The zero-order valence-electron chi connectivity index (χ0n) is 7.93. The van der Waals surface area contributed by atoms with Crippen LogP contribution in [-0.2, 0) is 17.1 Å². The molecule has 88 valence electrons. The maximum atomic E-state index is 8.56. The molecule has 0 bridgehead atoms. The number of carboxylic acid groups (broad SMARTS) is 2. The number of rotatable bonds is 0. The van der Waals surface area contributed by atoms with Crippen LogP contribution in [0.15, 0.2) is 60.7 Å². The fraction of sp³-hybridized carbons (Fsp3) is 0. The first-order chi connectivity index (χ1) is 6.73. The first-order valence-electron chi connectivity index (χ1n) is 3.98. The van der Waals surface area contributed by atoms with Gasteiger partial charge in [-0.05, 0) is 0 Å². The van der Waals surface area contributed by atoms with Crippen LogP contribution in [0.25, 0.3) is 0 Å². The van der Waals surface area contributed by atoms with Crippen molar-refractivity contribution in [3.05, 3.63) is 60.7 Å². The molecule has 0 aliphatic carbocycles. The van der Waals surface area contributed by atoms with Gasteiger partial charge in [0.15, 0.2) is 0 Å². The van der Waals surface area contributed by atoms with E-state index in [0.29, 0.717) is 0 Å². The van der Waals surface area contributed by atoms with Crippen LogP contribution >= 0.6 is 0 Å². The minimum Gasteiger partial charge on any atom is -0.748 e. The summed E-state index contributed by atoms with van der Waals surface area (Å²) in [5.41, 5.74) is 0. The van der Waals surface area contributed by atoms with Crippen LogP contribution in [0, 0.1) is 0 Å². The van der Waals surface area contributed by atoms with E-state index in [1.807, 2.05) is 60.7 Å². The van der Waals surface area contributed by atoms with E-state index in [4.69, 9.17) is 15.0 Å². The molecule has 3 nitrogen and oxygen atoms in total. The van der Waals surface area contributed by atoms with Gasteiger partial charge in [-0.2, -0.15) is 18.2 Å². The van der Waals surface area contributed by atoms with Gasteiger partial charge in [0.25, 0.3) is 0 Å². The Labute approximate surface area is 99.2 Å². The first-order valence-corrected chi connectivity index (χ1v) is 3.98. The van der Waals surface area contributed by atoms with Crippen molar-refractivity contribution in [2.75, 3.05) is 0 Å². The summed E-state index contributed by atoms with van der Waals surface area (Å²) in [5.74, 6) is 0. The smallest absolute Gasteiger partial charge is 0.503 e. The number of hydrogen-bond acceptors (Lipinski definition) is 1. The second-order valence-corrected chi connectivity index (χ2v) is 2.21. The van der Waals surface area contributed by atoms with Crippen LogP contribution in [0.3, 0.4) is 0 Å². The molecule has 0 atom stereocenters. The largest absolute Gasteiger partial charge is 0.748 e. The van der Waals surface area contributed by atoms with Gasteiger partial charge in [0, 0.05) is 17.1 Å². The van der Waals surface area contributed by atoms with Gasteiger partial charge in [-0.1, -0.05) is 0 Å². The van der Waals surface area contributed by atoms with Gasteiger partial charge in [0.05, 0.1) is 0 Å². The van der Waals surface area contributed by atoms with Crippen molar-refractivity contribution < 1.29 is 32.1 Å². The molecule has 0 aromatic heterocycles. The van der Waals surface area contributed by atoms with E-state index in [0.717, 1.165) is 0 Å². The maximum absolute atomic E-state index is 8.56. The van der Waals surface area contributed by atoms with Crippen molar-refractivity contribution in [1.82, 2.24) is 0 Å². The van der Waals surface area contributed by atoms with Crippen LogP contribution in [0.4, 0.5) is 4.79 Å². The van der Waals surface area contributed by atoms with E-state index in [9.17, 15) is 0 Å². The van der Waals surface area contributed by atoms with Crippen LogP contribution in [0.5, 0.6) is 0 Å². The predicted molar refractivity (Wildman–Crippen MR) is 54.7 cm³/mol. The molecular formula is C11H12FeO3-6. The van der Waals surface area contributed by atoms with Crippen molar-refractivity contribution in [2.24, 2.45) is 0 Å². The van der Waals surface area contributed by atoms with Gasteiger partial charge >= 0.3 is 6.16 Å². The molecule has 0 spiro atoms. The van der Waals surface area contributed by atoms with Crippen LogP contribution < -0.4 is 0 Å². The Balaban J connectivity index is 0. The predicted octanol–water partition coefficient (Wildman–Crippen LogP) is 3.03. The van der Waals surface area contributed by atoms with Gasteiger partial charge in [0.2, 0.25) is 0 Å². The first kappa shape index (κ1) is 15.9. The van der Waals surface area contributed by atoms with Crippen LogP contribution in [0.1, 0.15) is 0 Å². The summed E-state index contributed by atoms with van der Waals surface area (Å²) in [7, 11) is 0. The Bertz CT molecular complexity index is 223. The molecule has 2 N–H and O–H groups in total. The summed E-state index contributed by atoms with van der Waals surface area (Å²) < 4.78 is 0. The molecule has 0 unspecified atom stereocenters. The molecule has 15 heavy (non-hydrogen) atoms. The van der Waals surface area contributed by atoms with E-state index in [1.54, 1.807) is 0 Å². The fourth-order valence-electron chi connectivity index (χ4n) is 0.642. The Morgan fingerprint density at radius 1 is 0.867 bits per heavy atom. The van der Waals surface area contributed by atoms with Gasteiger partial charge in [-0.25, -0.2) is 16.9 Å². The van der Waals surface area contributed by atoms with E-state index < -0.39 is 6.16 Å². The Morgan fingerprint density at radius 3 is 1.27 bits per heavy atom. The molecule has 0 amide bonds. The zero-order chi connectivity index (χ0) is 10.6. The summed E-state index contributed by atoms with van der Waals surface area (Å²) in [6.07, 6.45) is -1.83. The molecule has 0 radical (unpaired) electrons. The van der Waals surface area contributed by atoms with E-state index in [2.05, 4.69) is 0 Å². The molecule has 2 aromatic rings. The molecule has 4 heteroatoms. The van der Waals surface area contributed by atoms with Gasteiger partial charge in [0.1, 0.15) is 0 Å². The number of hydrogen-bond donors (Lipinski definition) is 2. The molecule has 0 heterocycles. The summed E-state index contributed by atoms with van der Waals surface area (Å²) in [4.78, 5) is 8.56. The summed E-state index contributed by atoms with van der Waals surface area (Å²) in [5, 5.41) is 13.9. The van der Waals surface area contributed by atoms with Crippen molar-refractivity contribution in [3.8, 4) is 0 Å². The van der Waals surface area contributed by atoms with Gasteiger partial charge < -0.3 is 40.5 Å². The van der Waals surface area contributed by atoms with Crippen molar-refractivity contribution in [1.29, 1.82) is 0 Å². The van der Waals surface area contributed by atoms with Crippen LogP contribution in [0.2, 0.25) is 0 Å². The van der Waals surface area contributed by atoms with Crippen LogP contribution in [-0.4, -0.2) is 16.4 Å². The molecule has 0 aliphatic rings. The maximum Gasteiger partial charge on any atom is 0.503 e. The Kier molecular flexibility index (Phi) is 13.3. The Morgan fingerprint density at radius 2 is 1.13 bits per heavy atom. The number of carbonyl (C=O) groups is 1. The topological polar surface area (TPSA) is 57.5 Å². The summed E-state index contributed by atoms with van der Waals surface area (Å²) in [6.45, 7) is 0. The van der Waals surface area contributed by atoms with Crippen molar-refractivity contribution >= 4 is 6.16 Å². The molecule has 0 saturated carbocycles. The molecule has 0 fully saturated rings. The van der Waals surface area contributed by atoms with Gasteiger partial charge in [-0.3, -0.25) is 0 Å². The summed E-state index contributed by atoms with van der Waals surface area (Å²) >= 11 is 0. The normalized spacial score (nSPS) is 6.93. The van der Waals surface area contributed by atoms with E-state index in [-0.39, 0.29) is 17.1 Å². The monoisotopic (exact) mass is 248 g/mol. The molecular weight excluding hydrogens is 236 g/mol. The third kappa shape index (κ3) is 19.1. The third-order valence-corrected chi connectivity index (χ3v) is 1.11.